The van der Waals surface area contributed by atoms with E-state index in [4.69, 9.17) is 18.9 Å². The monoisotopic (exact) mass is 392 g/mol. The van der Waals surface area contributed by atoms with E-state index in [0.717, 1.165) is 19.3 Å². The highest BCUT2D eigenvalue weighted by atomic mass is 16.9. The maximum atomic E-state index is 12.1. The van der Waals surface area contributed by atoms with Crippen LogP contribution in [0.25, 0.3) is 0 Å². The SMILES string of the molecule is CCCCCCCCCC(=O)OCC(C)OC1(C)OC(=O)c2ccccc2O1. The first kappa shape index (κ1) is 22.2. The molecule has 6 heteroatoms. The van der Waals surface area contributed by atoms with Gasteiger partial charge >= 0.3 is 17.9 Å². The van der Waals surface area contributed by atoms with Crippen LogP contribution in [0.5, 0.6) is 5.75 Å². The molecule has 1 aromatic rings. The van der Waals surface area contributed by atoms with Gasteiger partial charge in [-0.15, -0.1) is 0 Å². The highest BCUT2D eigenvalue weighted by Crippen LogP contribution is 2.32. The van der Waals surface area contributed by atoms with Crippen molar-refractivity contribution in [3.63, 3.8) is 0 Å². The Hall–Kier alpha value is -2.08. The van der Waals surface area contributed by atoms with Crippen LogP contribution < -0.4 is 4.74 Å². The maximum absolute atomic E-state index is 12.1. The van der Waals surface area contributed by atoms with E-state index in [1.54, 1.807) is 31.2 Å². The second-order valence-electron chi connectivity index (χ2n) is 7.33. The van der Waals surface area contributed by atoms with Gasteiger partial charge < -0.3 is 18.9 Å². The van der Waals surface area contributed by atoms with Crippen molar-refractivity contribution in [2.45, 2.75) is 84.2 Å². The lowest BCUT2D eigenvalue weighted by molar-refractivity contribution is -0.327. The first-order chi connectivity index (χ1) is 13.4. The highest BCUT2D eigenvalue weighted by molar-refractivity contribution is 5.93. The molecule has 0 radical (unpaired) electrons. The molecule has 1 heterocycles. The zero-order valence-corrected chi connectivity index (χ0v) is 17.2. The summed E-state index contributed by atoms with van der Waals surface area (Å²) in [4.78, 5) is 24.0. The minimum atomic E-state index is -1.55. The predicted octanol–water partition coefficient (Wildman–Crippen LogP) is 5.00. The summed E-state index contributed by atoms with van der Waals surface area (Å²) in [6.07, 6.45) is 8.00. The molecule has 0 aromatic heterocycles. The van der Waals surface area contributed by atoms with Crippen molar-refractivity contribution < 1.29 is 28.5 Å². The molecule has 1 aliphatic heterocycles. The molecule has 2 atom stereocenters. The van der Waals surface area contributed by atoms with Gasteiger partial charge in [0.05, 0.1) is 6.10 Å². The normalized spacial score (nSPS) is 19.3. The number of rotatable bonds is 12. The molecule has 0 spiro atoms. The van der Waals surface area contributed by atoms with Crippen LogP contribution in [-0.4, -0.2) is 30.6 Å². The molecule has 0 N–H and O–H groups in total. The van der Waals surface area contributed by atoms with E-state index >= 15 is 0 Å². The fraction of sp³-hybridized carbons (Fsp3) is 0.636. The van der Waals surface area contributed by atoms with E-state index in [1.165, 1.54) is 32.6 Å². The van der Waals surface area contributed by atoms with Crippen molar-refractivity contribution in [1.82, 2.24) is 0 Å². The molecule has 0 saturated carbocycles. The summed E-state index contributed by atoms with van der Waals surface area (Å²) in [5.41, 5.74) is 0.359. The van der Waals surface area contributed by atoms with Crippen LogP contribution in [0.15, 0.2) is 24.3 Å². The molecule has 1 aliphatic rings. The minimum Gasteiger partial charge on any atom is -0.463 e. The average Bonchev–Trinajstić information content (AvgIpc) is 2.65. The van der Waals surface area contributed by atoms with Gasteiger partial charge in [-0.3, -0.25) is 4.79 Å². The fourth-order valence-corrected chi connectivity index (χ4v) is 3.12. The number of cyclic esters (lactones) is 1. The molecule has 6 nitrogen and oxygen atoms in total. The summed E-state index contributed by atoms with van der Waals surface area (Å²) in [6.45, 7) is 5.54. The molecule has 0 aliphatic carbocycles. The molecule has 156 valence electrons. The molecule has 0 fully saturated rings. The molecule has 2 rings (SSSR count). The third kappa shape index (κ3) is 7.15. The van der Waals surface area contributed by atoms with E-state index in [-0.39, 0.29) is 12.6 Å². The van der Waals surface area contributed by atoms with Gasteiger partial charge in [0.25, 0.3) is 0 Å². The number of carbonyl (C=O) groups excluding carboxylic acids is 2. The molecule has 28 heavy (non-hydrogen) atoms. The summed E-state index contributed by atoms with van der Waals surface area (Å²) in [7, 11) is 0. The minimum absolute atomic E-state index is 0.0769. The number of fused-ring (bicyclic) bond motifs is 1. The Bertz CT molecular complexity index is 644. The van der Waals surface area contributed by atoms with Crippen LogP contribution in [-0.2, 0) is 19.0 Å². The first-order valence-corrected chi connectivity index (χ1v) is 10.3. The second kappa shape index (κ2) is 11.1. The topological polar surface area (TPSA) is 71.1 Å². The summed E-state index contributed by atoms with van der Waals surface area (Å²) in [6, 6.07) is 6.82. The van der Waals surface area contributed by atoms with Gasteiger partial charge in [0.1, 0.15) is 17.9 Å². The number of para-hydroxylation sites is 1. The molecule has 1 aromatic carbocycles. The van der Waals surface area contributed by atoms with Crippen LogP contribution in [0.4, 0.5) is 0 Å². The molecule has 2 unspecified atom stereocenters. The lowest BCUT2D eigenvalue weighted by Gasteiger charge is -2.35. The Morgan fingerprint density at radius 2 is 1.75 bits per heavy atom. The number of hydrogen-bond donors (Lipinski definition) is 0. The lowest BCUT2D eigenvalue weighted by atomic mass is 10.1. The van der Waals surface area contributed by atoms with Crippen molar-refractivity contribution in [2.24, 2.45) is 0 Å². The molecular formula is C22H32O6. The number of ether oxygens (including phenoxy) is 4. The van der Waals surface area contributed by atoms with Crippen LogP contribution >= 0.6 is 0 Å². The van der Waals surface area contributed by atoms with Gasteiger partial charge in [0.15, 0.2) is 0 Å². The number of unbranched alkanes of at least 4 members (excludes halogenated alkanes) is 6. The van der Waals surface area contributed by atoms with Crippen molar-refractivity contribution >= 4 is 11.9 Å². The molecular weight excluding hydrogens is 360 g/mol. The second-order valence-corrected chi connectivity index (χ2v) is 7.33. The Balaban J connectivity index is 1.66. The van der Waals surface area contributed by atoms with Crippen LogP contribution in [0.3, 0.4) is 0 Å². The van der Waals surface area contributed by atoms with Crippen molar-refractivity contribution in [2.75, 3.05) is 6.61 Å². The van der Waals surface area contributed by atoms with Crippen LogP contribution in [0.1, 0.15) is 82.5 Å². The van der Waals surface area contributed by atoms with E-state index in [1.807, 2.05) is 0 Å². The van der Waals surface area contributed by atoms with Gasteiger partial charge in [-0.1, -0.05) is 57.6 Å². The third-order valence-corrected chi connectivity index (χ3v) is 4.56. The van der Waals surface area contributed by atoms with Gasteiger partial charge in [-0.05, 0) is 25.5 Å². The molecule has 0 saturated heterocycles. The predicted molar refractivity (Wildman–Crippen MR) is 105 cm³/mol. The molecule has 0 bridgehead atoms. The van der Waals surface area contributed by atoms with Gasteiger partial charge in [-0.25, -0.2) is 4.79 Å². The standard InChI is InChI=1S/C22H32O6/c1-4-5-6-7-8-9-10-15-20(23)25-16-17(2)26-22(3)27-19-14-12-11-13-18(19)21(24)28-22/h11-14,17H,4-10,15-16H2,1-3H3. The Morgan fingerprint density at radius 1 is 1.07 bits per heavy atom. The fourth-order valence-electron chi connectivity index (χ4n) is 3.12. The quantitative estimate of drug-likeness (QED) is 0.368. The van der Waals surface area contributed by atoms with Gasteiger partial charge in [0, 0.05) is 13.3 Å². The van der Waals surface area contributed by atoms with Crippen molar-refractivity contribution in [3.8, 4) is 5.75 Å². The number of benzene rings is 1. The zero-order chi connectivity index (χ0) is 20.4. The van der Waals surface area contributed by atoms with Crippen LogP contribution in [0, 0.1) is 0 Å². The first-order valence-electron chi connectivity index (χ1n) is 10.3. The van der Waals surface area contributed by atoms with Crippen LogP contribution in [0.2, 0.25) is 0 Å². The summed E-state index contributed by atoms with van der Waals surface area (Å²) < 4.78 is 21.9. The van der Waals surface area contributed by atoms with E-state index < -0.39 is 18.0 Å². The number of hydrogen-bond acceptors (Lipinski definition) is 6. The lowest BCUT2D eigenvalue weighted by Crippen LogP contribution is -2.47. The van der Waals surface area contributed by atoms with Gasteiger partial charge in [0.2, 0.25) is 0 Å². The largest absolute Gasteiger partial charge is 0.463 e. The van der Waals surface area contributed by atoms with E-state index in [2.05, 4.69) is 6.92 Å². The van der Waals surface area contributed by atoms with E-state index in [9.17, 15) is 9.59 Å². The van der Waals surface area contributed by atoms with E-state index in [0.29, 0.717) is 17.7 Å². The smallest absolute Gasteiger partial charge is 0.371 e. The summed E-state index contributed by atoms with van der Waals surface area (Å²) in [5, 5.41) is 0. The van der Waals surface area contributed by atoms with Crippen molar-refractivity contribution in [3.05, 3.63) is 29.8 Å². The van der Waals surface area contributed by atoms with Gasteiger partial charge in [-0.2, -0.15) is 0 Å². The molecule has 0 amide bonds. The third-order valence-electron chi connectivity index (χ3n) is 4.56. The highest BCUT2D eigenvalue weighted by Gasteiger charge is 2.40. The summed E-state index contributed by atoms with van der Waals surface area (Å²) in [5.74, 6) is -1.88. The van der Waals surface area contributed by atoms with Crippen molar-refractivity contribution in [1.29, 1.82) is 0 Å². The average molecular weight is 392 g/mol. The number of carbonyl (C=O) groups is 2. The summed E-state index contributed by atoms with van der Waals surface area (Å²) >= 11 is 0. The Morgan fingerprint density at radius 3 is 2.50 bits per heavy atom. The Labute approximate surface area is 167 Å². The maximum Gasteiger partial charge on any atom is 0.371 e. The number of esters is 2. The Kier molecular flexibility index (Phi) is 8.77. The zero-order valence-electron chi connectivity index (χ0n) is 17.2.